The van der Waals surface area contributed by atoms with E-state index in [0.29, 0.717) is 12.3 Å². The number of carboxylic acids is 1. The first-order chi connectivity index (χ1) is 3.77. The minimum atomic E-state index is -1.14. The predicted octanol–water partition coefficient (Wildman–Crippen LogP) is 0.945. The highest BCUT2D eigenvalue weighted by Crippen LogP contribution is 1.62. The maximum atomic E-state index is 9.35. The first kappa shape index (κ1) is 9.89. The van der Waals surface area contributed by atoms with Gasteiger partial charge in [-0.15, -0.1) is 13.2 Å². The maximum Gasteiger partial charge on any atom is 0.331 e. The van der Waals surface area contributed by atoms with Gasteiger partial charge in [-0.2, -0.15) is 0 Å². The van der Waals surface area contributed by atoms with Crippen LogP contribution >= 0.6 is 0 Å². The maximum absolute atomic E-state index is 9.35. The van der Waals surface area contributed by atoms with Crippen molar-refractivity contribution in [3.63, 3.8) is 0 Å². The fourth-order valence-corrected chi connectivity index (χ4v) is 0.0638. The van der Waals surface area contributed by atoms with Gasteiger partial charge in [0.25, 0.3) is 0 Å². The summed E-state index contributed by atoms with van der Waals surface area (Å²) in [6.07, 6.45) is 1.11. The van der Waals surface area contributed by atoms with E-state index in [-0.39, 0.29) is 0 Å². The van der Waals surface area contributed by atoms with E-state index in [1.165, 1.54) is 0 Å². The van der Waals surface area contributed by atoms with Gasteiger partial charge in [-0.1, -0.05) is 0 Å². The Morgan fingerprint density at radius 3 is 1.88 bits per heavy atom. The molecule has 0 aliphatic heterocycles. The highest BCUT2D eigenvalue weighted by atomic mass is 16.4. The minimum Gasteiger partial charge on any atom is -0.515 e. The monoisotopic (exact) mass is 116 g/mol. The number of carbonyl (C=O) groups is 1. The number of aliphatic hydroxyl groups excluding tert-OH is 1. The molecule has 0 saturated carbocycles. The van der Waals surface area contributed by atoms with Crippen molar-refractivity contribution in [2.75, 3.05) is 0 Å². The van der Waals surface area contributed by atoms with Crippen LogP contribution in [0.4, 0.5) is 0 Å². The summed E-state index contributed by atoms with van der Waals surface area (Å²) in [6, 6.07) is 0. The molecule has 0 aromatic rings. The Morgan fingerprint density at radius 2 is 1.88 bits per heavy atom. The Bertz CT molecular complexity index is 85.7. The van der Waals surface area contributed by atoms with Crippen molar-refractivity contribution < 1.29 is 15.0 Å². The SMILES string of the molecule is C=C.O=C(O)C=CO. The molecular formula is C5H8O3. The molecule has 0 bridgehead atoms. The molecule has 0 atom stereocenters. The molecule has 2 N–H and O–H groups in total. The lowest BCUT2D eigenvalue weighted by atomic mass is 10.7. The number of aliphatic hydroxyl groups is 1. The number of rotatable bonds is 1. The third-order valence-corrected chi connectivity index (χ3v) is 0.217. The molecular weight excluding hydrogens is 108 g/mol. The van der Waals surface area contributed by atoms with Crippen LogP contribution < -0.4 is 0 Å². The summed E-state index contributed by atoms with van der Waals surface area (Å²) < 4.78 is 0. The van der Waals surface area contributed by atoms with Gasteiger partial charge in [0.05, 0.1) is 12.3 Å². The molecule has 0 fully saturated rings. The van der Waals surface area contributed by atoms with Crippen LogP contribution in [0, 0.1) is 0 Å². The van der Waals surface area contributed by atoms with E-state index in [4.69, 9.17) is 10.2 Å². The zero-order valence-electron chi connectivity index (χ0n) is 4.37. The quantitative estimate of drug-likeness (QED) is 0.304. The molecule has 0 amide bonds. The van der Waals surface area contributed by atoms with Gasteiger partial charge >= 0.3 is 5.97 Å². The van der Waals surface area contributed by atoms with Gasteiger partial charge in [0.2, 0.25) is 0 Å². The van der Waals surface area contributed by atoms with E-state index in [1.54, 1.807) is 0 Å². The van der Waals surface area contributed by atoms with Crippen molar-refractivity contribution >= 4 is 5.97 Å². The van der Waals surface area contributed by atoms with Crippen molar-refractivity contribution in [3.8, 4) is 0 Å². The second-order valence-electron chi connectivity index (χ2n) is 0.654. The molecule has 0 spiro atoms. The average Bonchev–Trinajstić information content (AvgIpc) is 1.72. The van der Waals surface area contributed by atoms with Crippen molar-refractivity contribution in [2.24, 2.45) is 0 Å². The van der Waals surface area contributed by atoms with Gasteiger partial charge in [0.15, 0.2) is 0 Å². The lowest BCUT2D eigenvalue weighted by Crippen LogP contribution is -1.84. The Labute approximate surface area is 47.6 Å². The van der Waals surface area contributed by atoms with Gasteiger partial charge in [-0.3, -0.25) is 0 Å². The van der Waals surface area contributed by atoms with Gasteiger partial charge in [-0.05, 0) is 0 Å². The topological polar surface area (TPSA) is 57.5 Å². The van der Waals surface area contributed by atoms with Crippen LogP contribution in [0.2, 0.25) is 0 Å². The molecule has 3 nitrogen and oxygen atoms in total. The highest BCUT2D eigenvalue weighted by Gasteiger charge is 1.78. The molecule has 0 radical (unpaired) electrons. The third-order valence-electron chi connectivity index (χ3n) is 0.217. The normalized spacial score (nSPS) is 7.50. The van der Waals surface area contributed by atoms with Crippen LogP contribution in [0.5, 0.6) is 0 Å². The summed E-state index contributed by atoms with van der Waals surface area (Å²) in [5, 5.41) is 15.3. The van der Waals surface area contributed by atoms with E-state index in [0.717, 1.165) is 0 Å². The van der Waals surface area contributed by atoms with E-state index in [2.05, 4.69) is 13.2 Å². The smallest absolute Gasteiger partial charge is 0.331 e. The molecule has 0 aromatic heterocycles. The van der Waals surface area contributed by atoms with Crippen LogP contribution in [-0.2, 0) is 4.79 Å². The standard InChI is InChI=1S/C3H4O3.C2H4/c4-2-1-3(5)6;1-2/h1-2,4H,(H,5,6);1-2H2. The number of hydrogen-bond donors (Lipinski definition) is 2. The lowest BCUT2D eigenvalue weighted by molar-refractivity contribution is -0.131. The number of hydrogen-bond acceptors (Lipinski definition) is 2. The summed E-state index contributed by atoms with van der Waals surface area (Å²) in [6.45, 7) is 6.00. The van der Waals surface area contributed by atoms with Crippen molar-refractivity contribution in [2.45, 2.75) is 0 Å². The summed E-state index contributed by atoms with van der Waals surface area (Å²) in [4.78, 5) is 9.35. The van der Waals surface area contributed by atoms with Gasteiger partial charge in [0, 0.05) is 0 Å². The zero-order chi connectivity index (χ0) is 6.99. The largest absolute Gasteiger partial charge is 0.515 e. The van der Waals surface area contributed by atoms with E-state index >= 15 is 0 Å². The summed E-state index contributed by atoms with van der Waals surface area (Å²) in [5.74, 6) is -1.14. The minimum absolute atomic E-state index is 0.475. The summed E-state index contributed by atoms with van der Waals surface area (Å²) in [7, 11) is 0. The molecule has 0 saturated heterocycles. The molecule has 0 heterocycles. The van der Waals surface area contributed by atoms with Crippen molar-refractivity contribution in [3.05, 3.63) is 25.5 Å². The average molecular weight is 116 g/mol. The van der Waals surface area contributed by atoms with Crippen LogP contribution in [0.25, 0.3) is 0 Å². The molecule has 8 heavy (non-hydrogen) atoms. The molecule has 3 heteroatoms. The highest BCUT2D eigenvalue weighted by molar-refractivity contribution is 5.79. The second kappa shape index (κ2) is 9.23. The Hall–Kier alpha value is -1.25. The fraction of sp³-hybridized carbons (Fsp3) is 0. The Morgan fingerprint density at radius 1 is 1.50 bits per heavy atom. The molecule has 0 aromatic carbocycles. The summed E-state index contributed by atoms with van der Waals surface area (Å²) in [5.41, 5.74) is 0. The van der Waals surface area contributed by atoms with Crippen LogP contribution in [0.3, 0.4) is 0 Å². The van der Waals surface area contributed by atoms with Crippen LogP contribution in [-0.4, -0.2) is 16.2 Å². The van der Waals surface area contributed by atoms with Gasteiger partial charge in [0.1, 0.15) is 0 Å². The Balaban J connectivity index is 0. The van der Waals surface area contributed by atoms with Crippen LogP contribution in [0.1, 0.15) is 0 Å². The van der Waals surface area contributed by atoms with E-state index < -0.39 is 5.97 Å². The second-order valence-corrected chi connectivity index (χ2v) is 0.654. The lowest BCUT2D eigenvalue weighted by Gasteiger charge is -1.68. The van der Waals surface area contributed by atoms with Gasteiger partial charge < -0.3 is 10.2 Å². The van der Waals surface area contributed by atoms with Crippen LogP contribution in [0.15, 0.2) is 25.5 Å². The van der Waals surface area contributed by atoms with Gasteiger partial charge in [-0.25, -0.2) is 4.79 Å². The number of aliphatic carboxylic acids is 1. The van der Waals surface area contributed by atoms with E-state index in [1.807, 2.05) is 0 Å². The van der Waals surface area contributed by atoms with E-state index in [9.17, 15) is 4.79 Å². The zero-order valence-corrected chi connectivity index (χ0v) is 4.37. The first-order valence-corrected chi connectivity index (χ1v) is 1.81. The molecule has 46 valence electrons. The molecule has 0 aliphatic carbocycles. The fourth-order valence-electron chi connectivity index (χ4n) is 0.0638. The van der Waals surface area contributed by atoms with Crippen molar-refractivity contribution in [1.29, 1.82) is 0 Å². The first-order valence-electron chi connectivity index (χ1n) is 1.81. The van der Waals surface area contributed by atoms with Crippen molar-refractivity contribution in [1.82, 2.24) is 0 Å². The third kappa shape index (κ3) is 21.8. The predicted molar refractivity (Wildman–Crippen MR) is 30.7 cm³/mol. The molecule has 0 unspecified atom stereocenters. The number of carboxylic acid groups (broad SMARTS) is 1. The Kier molecular flexibility index (Phi) is 11.4. The summed E-state index contributed by atoms with van der Waals surface area (Å²) >= 11 is 0. The molecule has 0 aliphatic rings. The molecule has 0 rings (SSSR count).